The second-order valence-electron chi connectivity index (χ2n) is 7.17. The van der Waals surface area contributed by atoms with E-state index in [9.17, 15) is 9.59 Å². The predicted molar refractivity (Wildman–Crippen MR) is 115 cm³/mol. The Morgan fingerprint density at radius 2 is 1.63 bits per heavy atom. The van der Waals surface area contributed by atoms with E-state index in [-0.39, 0.29) is 18.0 Å². The number of aromatic nitrogens is 3. The first-order valence-corrected chi connectivity index (χ1v) is 9.77. The average molecular weight is 395 g/mol. The molecule has 4 rings (SSSR count). The molecule has 2 heterocycles. The largest absolute Gasteiger partial charge is 0.333 e. The number of carbonyl (C=O) groups excluding carboxylic acids is 2. The Hall–Kier alpha value is -3.86. The standard InChI is InChI=1S/C25H21N3O2/c29-24(22-8-4-7-20(14-22)13-19-5-2-1-3-6-19)16-25(30)23-15-21(9-10-27-23)17-28-12-11-26-18-28/h1-12,14-15,18H,13,16-17H2. The van der Waals surface area contributed by atoms with Crippen molar-refractivity contribution in [3.63, 3.8) is 0 Å². The van der Waals surface area contributed by atoms with E-state index in [1.54, 1.807) is 30.9 Å². The molecule has 0 atom stereocenters. The van der Waals surface area contributed by atoms with Gasteiger partial charge < -0.3 is 4.57 Å². The lowest BCUT2D eigenvalue weighted by atomic mass is 9.99. The number of nitrogens with zero attached hydrogens (tertiary/aromatic N) is 3. The lowest BCUT2D eigenvalue weighted by Gasteiger charge is -2.07. The zero-order chi connectivity index (χ0) is 20.8. The fourth-order valence-electron chi connectivity index (χ4n) is 3.34. The topological polar surface area (TPSA) is 64.8 Å². The Balaban J connectivity index is 1.43. The third-order valence-electron chi connectivity index (χ3n) is 4.86. The van der Waals surface area contributed by atoms with E-state index < -0.39 is 0 Å². The van der Waals surface area contributed by atoms with E-state index in [0.717, 1.165) is 17.5 Å². The highest BCUT2D eigenvalue weighted by Crippen LogP contribution is 2.14. The summed E-state index contributed by atoms with van der Waals surface area (Å²) in [5.41, 5.74) is 4.01. The third-order valence-corrected chi connectivity index (χ3v) is 4.86. The molecule has 0 aliphatic rings. The van der Waals surface area contributed by atoms with Crippen LogP contribution in [0.3, 0.4) is 0 Å². The minimum Gasteiger partial charge on any atom is -0.333 e. The van der Waals surface area contributed by atoms with Gasteiger partial charge in [-0.3, -0.25) is 14.6 Å². The van der Waals surface area contributed by atoms with Crippen LogP contribution in [0.15, 0.2) is 91.6 Å². The molecule has 0 amide bonds. The highest BCUT2D eigenvalue weighted by Gasteiger charge is 2.16. The fraction of sp³-hybridized carbons (Fsp3) is 0.120. The van der Waals surface area contributed by atoms with Crippen molar-refractivity contribution in [2.75, 3.05) is 0 Å². The van der Waals surface area contributed by atoms with Gasteiger partial charge in [0.25, 0.3) is 0 Å². The lowest BCUT2D eigenvalue weighted by molar-refractivity contribution is 0.0891. The van der Waals surface area contributed by atoms with E-state index in [1.807, 2.05) is 53.2 Å². The molecular weight excluding hydrogens is 374 g/mol. The van der Waals surface area contributed by atoms with Crippen molar-refractivity contribution in [2.45, 2.75) is 19.4 Å². The highest BCUT2D eigenvalue weighted by atomic mass is 16.1. The van der Waals surface area contributed by atoms with Crippen LogP contribution in [0.5, 0.6) is 0 Å². The second-order valence-corrected chi connectivity index (χ2v) is 7.17. The average Bonchev–Trinajstić information content (AvgIpc) is 3.28. The van der Waals surface area contributed by atoms with Crippen molar-refractivity contribution in [3.05, 3.63) is 120 Å². The molecule has 0 N–H and O–H groups in total. The van der Waals surface area contributed by atoms with Crippen LogP contribution in [0.1, 0.15) is 44.0 Å². The Morgan fingerprint density at radius 1 is 0.800 bits per heavy atom. The summed E-state index contributed by atoms with van der Waals surface area (Å²) >= 11 is 0. The summed E-state index contributed by atoms with van der Waals surface area (Å²) in [4.78, 5) is 33.5. The van der Waals surface area contributed by atoms with Crippen LogP contribution in [0, 0.1) is 0 Å². The lowest BCUT2D eigenvalue weighted by Crippen LogP contribution is -2.11. The summed E-state index contributed by atoms with van der Waals surface area (Å²) in [5, 5.41) is 0. The molecule has 0 bridgehead atoms. The monoisotopic (exact) mass is 395 g/mol. The molecule has 2 aromatic carbocycles. The molecule has 5 nitrogen and oxygen atoms in total. The quantitative estimate of drug-likeness (QED) is 0.328. The summed E-state index contributed by atoms with van der Waals surface area (Å²) in [6, 6.07) is 21.2. The molecule has 0 radical (unpaired) electrons. The van der Waals surface area contributed by atoms with Crippen molar-refractivity contribution in [3.8, 4) is 0 Å². The van der Waals surface area contributed by atoms with E-state index in [2.05, 4.69) is 22.1 Å². The summed E-state index contributed by atoms with van der Waals surface area (Å²) in [6.45, 7) is 0.596. The van der Waals surface area contributed by atoms with Crippen LogP contribution in [-0.2, 0) is 13.0 Å². The van der Waals surface area contributed by atoms with Crippen LogP contribution in [-0.4, -0.2) is 26.1 Å². The van der Waals surface area contributed by atoms with Crippen LogP contribution in [0.25, 0.3) is 0 Å². The molecule has 0 fully saturated rings. The first-order chi connectivity index (χ1) is 14.7. The van der Waals surface area contributed by atoms with Crippen molar-refractivity contribution in [2.24, 2.45) is 0 Å². The van der Waals surface area contributed by atoms with Gasteiger partial charge in [0, 0.05) is 30.7 Å². The van der Waals surface area contributed by atoms with E-state index >= 15 is 0 Å². The molecule has 5 heteroatoms. The van der Waals surface area contributed by atoms with Gasteiger partial charge in [-0.05, 0) is 41.3 Å². The number of ketones is 2. The number of imidazole rings is 1. The molecule has 4 aromatic rings. The van der Waals surface area contributed by atoms with Crippen molar-refractivity contribution < 1.29 is 9.59 Å². The molecule has 2 aromatic heterocycles. The van der Waals surface area contributed by atoms with Gasteiger partial charge in [0.15, 0.2) is 11.6 Å². The number of carbonyl (C=O) groups is 2. The van der Waals surface area contributed by atoms with Gasteiger partial charge >= 0.3 is 0 Å². The Bertz CT molecular complexity index is 1150. The van der Waals surface area contributed by atoms with Gasteiger partial charge in [0.2, 0.25) is 0 Å². The Kier molecular flexibility index (Phi) is 5.90. The van der Waals surface area contributed by atoms with Crippen LogP contribution < -0.4 is 0 Å². The Labute approximate surface area is 175 Å². The minimum absolute atomic E-state index is 0.197. The molecule has 0 spiro atoms. The molecular formula is C25H21N3O2. The Morgan fingerprint density at radius 3 is 2.43 bits per heavy atom. The van der Waals surface area contributed by atoms with Gasteiger partial charge in [-0.15, -0.1) is 0 Å². The molecule has 0 aliphatic carbocycles. The number of rotatable bonds is 8. The number of pyridine rings is 1. The van der Waals surface area contributed by atoms with Crippen LogP contribution in [0.2, 0.25) is 0 Å². The molecule has 0 saturated carbocycles. The number of benzene rings is 2. The van der Waals surface area contributed by atoms with Gasteiger partial charge in [-0.25, -0.2) is 4.98 Å². The van der Waals surface area contributed by atoms with E-state index in [4.69, 9.17) is 0 Å². The summed E-state index contributed by atoms with van der Waals surface area (Å²) in [7, 11) is 0. The number of Topliss-reactive ketones (excluding diaryl/α,β-unsaturated/α-hetero) is 2. The molecule has 30 heavy (non-hydrogen) atoms. The second kappa shape index (κ2) is 9.09. The van der Waals surface area contributed by atoms with Gasteiger partial charge in [-0.2, -0.15) is 0 Å². The molecule has 148 valence electrons. The maximum Gasteiger partial charge on any atom is 0.188 e. The van der Waals surface area contributed by atoms with E-state index in [0.29, 0.717) is 17.8 Å². The van der Waals surface area contributed by atoms with Crippen molar-refractivity contribution in [1.82, 2.24) is 14.5 Å². The summed E-state index contributed by atoms with van der Waals surface area (Å²) < 4.78 is 1.91. The molecule has 0 aliphatic heterocycles. The van der Waals surface area contributed by atoms with Crippen LogP contribution in [0.4, 0.5) is 0 Å². The molecule has 0 saturated heterocycles. The SMILES string of the molecule is O=C(CC(=O)c1cc(Cn2ccnc2)ccn1)c1cccc(Cc2ccccc2)c1. The zero-order valence-electron chi connectivity index (χ0n) is 16.4. The zero-order valence-corrected chi connectivity index (χ0v) is 16.4. The summed E-state index contributed by atoms with van der Waals surface area (Å²) in [5.74, 6) is -0.474. The van der Waals surface area contributed by atoms with Crippen LogP contribution >= 0.6 is 0 Å². The highest BCUT2D eigenvalue weighted by molar-refractivity contribution is 6.12. The smallest absolute Gasteiger partial charge is 0.188 e. The number of hydrogen-bond acceptors (Lipinski definition) is 4. The number of hydrogen-bond donors (Lipinski definition) is 0. The van der Waals surface area contributed by atoms with E-state index in [1.165, 1.54) is 5.56 Å². The summed E-state index contributed by atoms with van der Waals surface area (Å²) in [6.07, 6.45) is 7.42. The normalized spacial score (nSPS) is 10.7. The van der Waals surface area contributed by atoms with Gasteiger partial charge in [0.1, 0.15) is 5.69 Å². The fourth-order valence-corrected chi connectivity index (χ4v) is 3.34. The molecule has 0 unspecified atom stereocenters. The maximum atomic E-state index is 12.7. The van der Waals surface area contributed by atoms with Crippen molar-refractivity contribution >= 4 is 11.6 Å². The van der Waals surface area contributed by atoms with Gasteiger partial charge in [0.05, 0.1) is 12.7 Å². The minimum atomic E-state index is -0.277. The van der Waals surface area contributed by atoms with Crippen molar-refractivity contribution in [1.29, 1.82) is 0 Å². The maximum absolute atomic E-state index is 12.7. The van der Waals surface area contributed by atoms with Gasteiger partial charge in [-0.1, -0.05) is 48.5 Å². The first kappa shape index (κ1) is 19.5. The third kappa shape index (κ3) is 4.94. The predicted octanol–water partition coefficient (Wildman–Crippen LogP) is 4.37. The first-order valence-electron chi connectivity index (χ1n) is 9.77.